The number of esters is 1. The van der Waals surface area contributed by atoms with Crippen LogP contribution in [0.3, 0.4) is 0 Å². The SMILES string of the molecule is COC(=O)c1ccc(CN(CCc2cccc(CN3CCN(C(C)=O)CC3)c2)S(=O)O)c(F)c1. The summed E-state index contributed by atoms with van der Waals surface area (Å²) in [5, 5.41) is 0. The van der Waals surface area contributed by atoms with E-state index in [1.807, 2.05) is 23.1 Å². The van der Waals surface area contributed by atoms with Gasteiger partial charge in [-0.25, -0.2) is 13.4 Å². The fourth-order valence-electron chi connectivity index (χ4n) is 3.94. The van der Waals surface area contributed by atoms with Gasteiger partial charge in [0.25, 0.3) is 0 Å². The van der Waals surface area contributed by atoms with Crippen molar-refractivity contribution in [3.05, 3.63) is 70.5 Å². The molecule has 34 heavy (non-hydrogen) atoms. The first kappa shape index (κ1) is 26.0. The molecule has 1 aliphatic rings. The van der Waals surface area contributed by atoms with E-state index in [9.17, 15) is 22.7 Å². The highest BCUT2D eigenvalue weighted by atomic mass is 32.2. The highest BCUT2D eigenvalue weighted by molar-refractivity contribution is 7.76. The maximum absolute atomic E-state index is 14.4. The van der Waals surface area contributed by atoms with Gasteiger partial charge in [0.2, 0.25) is 17.2 Å². The normalized spacial score (nSPS) is 15.4. The van der Waals surface area contributed by atoms with Gasteiger partial charge in [-0.05, 0) is 29.7 Å². The summed E-state index contributed by atoms with van der Waals surface area (Å²) in [6.07, 6.45) is 0.514. The maximum Gasteiger partial charge on any atom is 0.337 e. The van der Waals surface area contributed by atoms with Gasteiger partial charge >= 0.3 is 5.97 Å². The second-order valence-electron chi connectivity index (χ2n) is 8.24. The number of amides is 1. The van der Waals surface area contributed by atoms with E-state index in [1.54, 1.807) is 6.92 Å². The topological polar surface area (TPSA) is 90.4 Å². The van der Waals surface area contributed by atoms with E-state index in [-0.39, 0.29) is 30.1 Å². The van der Waals surface area contributed by atoms with E-state index in [2.05, 4.69) is 15.7 Å². The Morgan fingerprint density at radius 2 is 1.82 bits per heavy atom. The van der Waals surface area contributed by atoms with Gasteiger partial charge < -0.3 is 9.64 Å². The molecule has 1 amide bonds. The summed E-state index contributed by atoms with van der Waals surface area (Å²) in [5.74, 6) is -1.18. The number of carbonyl (C=O) groups is 2. The Morgan fingerprint density at radius 3 is 2.44 bits per heavy atom. The minimum Gasteiger partial charge on any atom is -0.465 e. The summed E-state index contributed by atoms with van der Waals surface area (Å²) in [7, 11) is 1.22. The molecule has 184 valence electrons. The fourth-order valence-corrected chi connectivity index (χ4v) is 4.44. The van der Waals surface area contributed by atoms with Crippen LogP contribution in [-0.4, -0.2) is 74.6 Å². The molecule has 0 aliphatic carbocycles. The van der Waals surface area contributed by atoms with E-state index in [0.717, 1.165) is 49.9 Å². The van der Waals surface area contributed by atoms with E-state index in [0.29, 0.717) is 6.42 Å². The Bertz CT molecular complexity index is 1040. The van der Waals surface area contributed by atoms with Crippen LogP contribution in [0, 0.1) is 5.82 Å². The lowest BCUT2D eigenvalue weighted by molar-refractivity contribution is -0.130. The molecule has 0 spiro atoms. The Morgan fingerprint density at radius 1 is 1.12 bits per heavy atom. The van der Waals surface area contributed by atoms with Crippen LogP contribution < -0.4 is 0 Å². The molecule has 1 aliphatic heterocycles. The number of carbonyl (C=O) groups excluding carboxylic acids is 2. The van der Waals surface area contributed by atoms with Crippen molar-refractivity contribution < 1.29 is 27.5 Å². The largest absolute Gasteiger partial charge is 0.465 e. The highest BCUT2D eigenvalue weighted by Crippen LogP contribution is 2.16. The summed E-state index contributed by atoms with van der Waals surface area (Å²) in [4.78, 5) is 27.2. The van der Waals surface area contributed by atoms with Crippen molar-refractivity contribution in [1.82, 2.24) is 14.1 Å². The van der Waals surface area contributed by atoms with Gasteiger partial charge in [-0.2, -0.15) is 4.31 Å². The molecule has 1 saturated heterocycles. The molecule has 10 heteroatoms. The zero-order chi connectivity index (χ0) is 24.7. The molecule has 0 bridgehead atoms. The van der Waals surface area contributed by atoms with Gasteiger partial charge in [0.15, 0.2) is 0 Å². The van der Waals surface area contributed by atoms with Crippen LogP contribution in [0.2, 0.25) is 0 Å². The molecule has 1 fully saturated rings. The third-order valence-electron chi connectivity index (χ3n) is 5.91. The molecule has 8 nitrogen and oxygen atoms in total. The molecule has 3 rings (SSSR count). The quantitative estimate of drug-likeness (QED) is 0.428. The van der Waals surface area contributed by atoms with Crippen LogP contribution in [0.15, 0.2) is 42.5 Å². The summed E-state index contributed by atoms with van der Waals surface area (Å²) >= 11 is -2.29. The molecular weight excluding hydrogens is 461 g/mol. The van der Waals surface area contributed by atoms with Crippen LogP contribution in [0.1, 0.15) is 34.0 Å². The molecule has 2 aromatic carbocycles. The highest BCUT2D eigenvalue weighted by Gasteiger charge is 2.19. The third-order valence-corrected chi connectivity index (χ3v) is 6.66. The van der Waals surface area contributed by atoms with Gasteiger partial charge in [0.1, 0.15) is 5.82 Å². The van der Waals surface area contributed by atoms with Crippen molar-refractivity contribution in [2.75, 3.05) is 39.8 Å². The standard InChI is InChI=1S/C24H30FN3O5S/c1-18(29)27-12-10-26(11-13-27)16-20-5-3-4-19(14-20)8-9-28(34(31)32)17-22-7-6-21(15-23(22)25)24(30)33-2/h3-7,14-15H,8-13,16-17H2,1-2H3,(H,31,32). The number of piperazine rings is 1. The second-order valence-corrected chi connectivity index (χ2v) is 9.22. The van der Waals surface area contributed by atoms with Gasteiger partial charge in [-0.1, -0.05) is 30.3 Å². The van der Waals surface area contributed by atoms with Gasteiger partial charge in [0.05, 0.1) is 12.7 Å². The fraction of sp³-hybridized carbons (Fsp3) is 0.417. The van der Waals surface area contributed by atoms with E-state index >= 15 is 0 Å². The summed E-state index contributed by atoms with van der Waals surface area (Å²) in [5.41, 5.74) is 2.44. The van der Waals surface area contributed by atoms with Gasteiger partial charge in [0, 0.05) is 58.3 Å². The molecule has 1 atom stereocenters. The van der Waals surface area contributed by atoms with Crippen LogP contribution >= 0.6 is 0 Å². The first-order valence-corrected chi connectivity index (χ1v) is 12.1. The minimum atomic E-state index is -2.29. The number of hydrogen-bond donors (Lipinski definition) is 1. The molecule has 2 aromatic rings. The van der Waals surface area contributed by atoms with Crippen LogP contribution in [0.25, 0.3) is 0 Å². The third kappa shape index (κ3) is 7.17. The predicted molar refractivity (Wildman–Crippen MR) is 127 cm³/mol. The zero-order valence-corrected chi connectivity index (χ0v) is 20.2. The molecule has 1 N–H and O–H groups in total. The number of halogens is 1. The number of ether oxygens (including phenoxy) is 1. The Kier molecular flexibility index (Phi) is 9.28. The van der Waals surface area contributed by atoms with Crippen LogP contribution in [-0.2, 0) is 40.3 Å². The van der Waals surface area contributed by atoms with Crippen molar-refractivity contribution in [2.24, 2.45) is 0 Å². The van der Waals surface area contributed by atoms with Crippen molar-refractivity contribution in [1.29, 1.82) is 0 Å². The average molecular weight is 492 g/mol. The van der Waals surface area contributed by atoms with Crippen LogP contribution in [0.5, 0.6) is 0 Å². The zero-order valence-electron chi connectivity index (χ0n) is 19.4. The Labute approximate surface area is 201 Å². The Hall–Kier alpha value is -2.66. The number of nitrogens with zero attached hydrogens (tertiary/aromatic N) is 3. The molecule has 1 unspecified atom stereocenters. The first-order chi connectivity index (χ1) is 16.3. The number of methoxy groups -OCH3 is 1. The monoisotopic (exact) mass is 491 g/mol. The van der Waals surface area contributed by atoms with E-state index < -0.39 is 23.1 Å². The van der Waals surface area contributed by atoms with E-state index in [4.69, 9.17) is 0 Å². The molecular formula is C24H30FN3O5S. The molecule has 1 heterocycles. The molecule has 0 aromatic heterocycles. The van der Waals surface area contributed by atoms with Gasteiger partial charge in [-0.15, -0.1) is 0 Å². The number of benzene rings is 2. The number of rotatable bonds is 9. The smallest absolute Gasteiger partial charge is 0.337 e. The van der Waals surface area contributed by atoms with Crippen LogP contribution in [0.4, 0.5) is 4.39 Å². The maximum atomic E-state index is 14.4. The minimum absolute atomic E-state index is 0.0729. The lowest BCUT2D eigenvalue weighted by atomic mass is 10.1. The van der Waals surface area contributed by atoms with Crippen molar-refractivity contribution in [3.63, 3.8) is 0 Å². The Balaban J connectivity index is 1.58. The lowest BCUT2D eigenvalue weighted by Gasteiger charge is -2.34. The lowest BCUT2D eigenvalue weighted by Crippen LogP contribution is -2.47. The molecule has 0 radical (unpaired) electrons. The summed E-state index contributed by atoms with van der Waals surface area (Å²) in [6.45, 7) is 5.63. The first-order valence-electron chi connectivity index (χ1n) is 11.0. The average Bonchev–Trinajstić information content (AvgIpc) is 2.82. The van der Waals surface area contributed by atoms with Crippen molar-refractivity contribution in [3.8, 4) is 0 Å². The summed E-state index contributed by atoms with van der Waals surface area (Å²) in [6, 6.07) is 12.0. The van der Waals surface area contributed by atoms with Crippen molar-refractivity contribution >= 4 is 23.1 Å². The molecule has 0 saturated carbocycles. The predicted octanol–water partition coefficient (Wildman–Crippen LogP) is 2.46. The second kappa shape index (κ2) is 12.2. The summed E-state index contributed by atoms with van der Waals surface area (Å²) < 4.78 is 41.9. The van der Waals surface area contributed by atoms with E-state index in [1.165, 1.54) is 23.5 Å². The van der Waals surface area contributed by atoms with Gasteiger partial charge in [-0.3, -0.25) is 14.2 Å². The number of hydrogen-bond acceptors (Lipinski definition) is 5. The van der Waals surface area contributed by atoms with Crippen molar-refractivity contribution in [2.45, 2.75) is 26.4 Å².